The Balaban J connectivity index is 3.21. The highest BCUT2D eigenvalue weighted by atomic mass is 16.4. The lowest BCUT2D eigenvalue weighted by atomic mass is 10.1. The van der Waals surface area contributed by atoms with Gasteiger partial charge in [0, 0.05) is 19.5 Å². The van der Waals surface area contributed by atoms with E-state index in [2.05, 4.69) is 22.8 Å². The summed E-state index contributed by atoms with van der Waals surface area (Å²) in [5.41, 5.74) is 0. The SMILES string of the molecule is CCCNC(=O)NCCCCC=CCCCCCCC(=O)O. The second-order valence-corrected chi connectivity index (χ2v) is 5.50. The number of hydrogen-bond donors (Lipinski definition) is 3. The number of nitrogens with one attached hydrogen (secondary N) is 2. The molecule has 0 radical (unpaired) electrons. The Labute approximate surface area is 134 Å². The molecular weight excluding hydrogens is 280 g/mol. The van der Waals surface area contributed by atoms with Crippen molar-refractivity contribution in [2.24, 2.45) is 0 Å². The number of rotatable bonds is 14. The number of allylic oxidation sites excluding steroid dienone is 2. The number of aliphatic carboxylic acids is 1. The third-order valence-electron chi connectivity index (χ3n) is 3.30. The lowest BCUT2D eigenvalue weighted by molar-refractivity contribution is -0.137. The largest absolute Gasteiger partial charge is 0.481 e. The molecule has 0 spiro atoms. The maximum absolute atomic E-state index is 11.3. The van der Waals surface area contributed by atoms with Crippen molar-refractivity contribution in [3.8, 4) is 0 Å². The van der Waals surface area contributed by atoms with Crippen LogP contribution in [0.2, 0.25) is 0 Å². The van der Waals surface area contributed by atoms with Crippen LogP contribution in [-0.2, 0) is 4.79 Å². The lowest BCUT2D eigenvalue weighted by Gasteiger charge is -2.05. The smallest absolute Gasteiger partial charge is 0.314 e. The zero-order valence-electron chi connectivity index (χ0n) is 13.9. The second kappa shape index (κ2) is 15.9. The predicted octanol–water partition coefficient (Wildman–Crippen LogP) is 3.85. The number of carbonyl (C=O) groups excluding carboxylic acids is 1. The molecule has 22 heavy (non-hydrogen) atoms. The number of carboxylic acid groups (broad SMARTS) is 1. The van der Waals surface area contributed by atoms with E-state index in [4.69, 9.17) is 5.11 Å². The molecule has 0 atom stereocenters. The average Bonchev–Trinajstić information content (AvgIpc) is 2.49. The summed E-state index contributed by atoms with van der Waals surface area (Å²) in [5.74, 6) is -0.697. The molecule has 0 aliphatic carbocycles. The van der Waals surface area contributed by atoms with Gasteiger partial charge in [0.15, 0.2) is 0 Å². The van der Waals surface area contributed by atoms with E-state index in [1.165, 1.54) is 0 Å². The molecule has 5 heteroatoms. The molecule has 0 aliphatic heterocycles. The zero-order chi connectivity index (χ0) is 16.5. The van der Waals surface area contributed by atoms with Crippen molar-refractivity contribution in [1.29, 1.82) is 0 Å². The molecule has 0 saturated carbocycles. The van der Waals surface area contributed by atoms with Crippen LogP contribution in [0.1, 0.15) is 71.1 Å². The number of carboxylic acids is 1. The predicted molar refractivity (Wildman–Crippen MR) is 90.0 cm³/mol. The van der Waals surface area contributed by atoms with E-state index >= 15 is 0 Å². The van der Waals surface area contributed by atoms with Gasteiger partial charge in [-0.05, 0) is 44.9 Å². The minimum atomic E-state index is -0.697. The molecule has 0 aromatic rings. The van der Waals surface area contributed by atoms with Crippen LogP contribution in [0.3, 0.4) is 0 Å². The maximum Gasteiger partial charge on any atom is 0.314 e. The molecule has 0 aliphatic rings. The molecule has 5 nitrogen and oxygen atoms in total. The summed E-state index contributed by atoms with van der Waals surface area (Å²) in [6.45, 7) is 3.49. The standard InChI is InChI=1S/C17H32N2O3/c1-2-14-18-17(22)19-15-12-10-8-6-4-3-5-7-9-11-13-16(20)21/h4,6H,2-3,5,7-15H2,1H3,(H,20,21)(H2,18,19,22). The fraction of sp³-hybridized carbons (Fsp3) is 0.765. The van der Waals surface area contributed by atoms with Crippen molar-refractivity contribution >= 4 is 12.0 Å². The first-order valence-corrected chi connectivity index (χ1v) is 8.55. The van der Waals surface area contributed by atoms with Gasteiger partial charge in [-0.2, -0.15) is 0 Å². The highest BCUT2D eigenvalue weighted by Gasteiger charge is 1.97. The van der Waals surface area contributed by atoms with Crippen molar-refractivity contribution in [3.63, 3.8) is 0 Å². The van der Waals surface area contributed by atoms with Gasteiger partial charge in [-0.15, -0.1) is 0 Å². The molecule has 0 unspecified atom stereocenters. The van der Waals surface area contributed by atoms with Crippen LogP contribution in [0.4, 0.5) is 4.79 Å². The summed E-state index contributed by atoms with van der Waals surface area (Å²) < 4.78 is 0. The first-order chi connectivity index (χ1) is 10.7. The first kappa shape index (κ1) is 20.5. The van der Waals surface area contributed by atoms with Gasteiger partial charge in [-0.3, -0.25) is 4.79 Å². The van der Waals surface area contributed by atoms with Crippen LogP contribution in [-0.4, -0.2) is 30.2 Å². The van der Waals surface area contributed by atoms with E-state index in [1.807, 2.05) is 6.92 Å². The third-order valence-corrected chi connectivity index (χ3v) is 3.30. The number of unbranched alkanes of at least 4 members (excludes halogenated alkanes) is 6. The fourth-order valence-electron chi connectivity index (χ4n) is 2.02. The van der Waals surface area contributed by atoms with Gasteiger partial charge in [-0.25, -0.2) is 4.79 Å². The number of urea groups is 1. The topological polar surface area (TPSA) is 78.4 Å². The van der Waals surface area contributed by atoms with Gasteiger partial charge in [-0.1, -0.05) is 31.9 Å². The molecule has 0 saturated heterocycles. The first-order valence-electron chi connectivity index (χ1n) is 8.55. The minimum Gasteiger partial charge on any atom is -0.481 e. The molecule has 128 valence electrons. The van der Waals surface area contributed by atoms with Crippen LogP contribution in [0, 0.1) is 0 Å². The van der Waals surface area contributed by atoms with Crippen molar-refractivity contribution in [3.05, 3.63) is 12.2 Å². The Hall–Kier alpha value is -1.52. The van der Waals surface area contributed by atoms with Crippen molar-refractivity contribution < 1.29 is 14.7 Å². The van der Waals surface area contributed by atoms with Gasteiger partial charge < -0.3 is 15.7 Å². The van der Waals surface area contributed by atoms with Crippen LogP contribution in [0.5, 0.6) is 0 Å². The van der Waals surface area contributed by atoms with E-state index in [0.29, 0.717) is 6.42 Å². The highest BCUT2D eigenvalue weighted by Crippen LogP contribution is 2.06. The number of hydrogen-bond acceptors (Lipinski definition) is 2. The summed E-state index contributed by atoms with van der Waals surface area (Å²) in [7, 11) is 0. The van der Waals surface area contributed by atoms with Crippen LogP contribution >= 0.6 is 0 Å². The highest BCUT2D eigenvalue weighted by molar-refractivity contribution is 5.73. The van der Waals surface area contributed by atoms with E-state index in [9.17, 15) is 9.59 Å². The van der Waals surface area contributed by atoms with E-state index in [0.717, 1.165) is 70.9 Å². The Kier molecular flexibility index (Phi) is 14.8. The second-order valence-electron chi connectivity index (χ2n) is 5.50. The van der Waals surface area contributed by atoms with Gasteiger partial charge in [0.1, 0.15) is 0 Å². The normalized spacial score (nSPS) is 10.8. The summed E-state index contributed by atoms with van der Waals surface area (Å²) in [4.78, 5) is 21.6. The fourth-order valence-corrected chi connectivity index (χ4v) is 2.02. The Morgan fingerprint density at radius 1 is 0.864 bits per heavy atom. The molecule has 0 aromatic carbocycles. The van der Waals surface area contributed by atoms with E-state index in [-0.39, 0.29) is 6.03 Å². The number of carbonyl (C=O) groups is 2. The molecule has 0 fully saturated rings. The van der Waals surface area contributed by atoms with Crippen molar-refractivity contribution in [2.75, 3.05) is 13.1 Å². The molecule has 0 heterocycles. The molecular formula is C17H32N2O3. The molecule has 2 amide bonds. The quantitative estimate of drug-likeness (QED) is 0.337. The van der Waals surface area contributed by atoms with E-state index < -0.39 is 5.97 Å². The van der Waals surface area contributed by atoms with Crippen LogP contribution in [0.25, 0.3) is 0 Å². The van der Waals surface area contributed by atoms with Gasteiger partial charge in [0.2, 0.25) is 0 Å². The summed E-state index contributed by atoms with van der Waals surface area (Å²) in [6.07, 6.45) is 13.9. The Morgan fingerprint density at radius 2 is 1.45 bits per heavy atom. The third kappa shape index (κ3) is 16.5. The molecule has 0 aromatic heterocycles. The van der Waals surface area contributed by atoms with Crippen LogP contribution in [0.15, 0.2) is 12.2 Å². The molecule has 0 bridgehead atoms. The van der Waals surface area contributed by atoms with Crippen molar-refractivity contribution in [2.45, 2.75) is 71.1 Å². The molecule has 3 N–H and O–H groups in total. The molecule has 0 rings (SSSR count). The average molecular weight is 312 g/mol. The Morgan fingerprint density at radius 3 is 2.09 bits per heavy atom. The van der Waals surface area contributed by atoms with E-state index in [1.54, 1.807) is 0 Å². The Bertz CT molecular complexity index is 317. The van der Waals surface area contributed by atoms with Crippen LogP contribution < -0.4 is 10.6 Å². The lowest BCUT2D eigenvalue weighted by Crippen LogP contribution is -2.36. The minimum absolute atomic E-state index is 0.0692. The van der Waals surface area contributed by atoms with Gasteiger partial charge in [0.25, 0.3) is 0 Å². The van der Waals surface area contributed by atoms with Gasteiger partial charge in [0.05, 0.1) is 0 Å². The monoisotopic (exact) mass is 312 g/mol. The van der Waals surface area contributed by atoms with Gasteiger partial charge >= 0.3 is 12.0 Å². The summed E-state index contributed by atoms with van der Waals surface area (Å²) in [5, 5.41) is 14.1. The summed E-state index contributed by atoms with van der Waals surface area (Å²) >= 11 is 0. The van der Waals surface area contributed by atoms with Crippen molar-refractivity contribution in [1.82, 2.24) is 10.6 Å². The summed E-state index contributed by atoms with van der Waals surface area (Å²) in [6, 6.07) is -0.0692. The zero-order valence-corrected chi connectivity index (χ0v) is 13.9. The number of amides is 2. The maximum atomic E-state index is 11.3.